The van der Waals surface area contributed by atoms with E-state index in [4.69, 9.17) is 10.5 Å². The summed E-state index contributed by atoms with van der Waals surface area (Å²) < 4.78 is 5.45. The van der Waals surface area contributed by atoms with Gasteiger partial charge in [0.25, 0.3) is 0 Å². The topological polar surface area (TPSA) is 72.5 Å². The number of rotatable bonds is 6. The molecule has 0 atom stereocenters. The van der Waals surface area contributed by atoms with Crippen molar-refractivity contribution in [3.05, 3.63) is 23.9 Å². The molecule has 1 aliphatic carbocycles. The fraction of sp³-hybridized carbons (Fsp3) is 0.571. The molecule has 1 fully saturated rings. The van der Waals surface area contributed by atoms with Crippen LogP contribution in [0.1, 0.15) is 31.7 Å². The molecule has 3 N–H and O–H groups in total. The number of nitrogens with zero attached hydrogens (tertiary/aromatic N) is 2. The molecule has 1 saturated carbocycles. The summed E-state index contributed by atoms with van der Waals surface area (Å²) in [4.78, 5) is 8.52. The molecule has 0 unspecified atom stereocenters. The zero-order valence-electron chi connectivity index (χ0n) is 11.4. The standard InChI is InChI=1S/C14H22N4O/c1-2-19-13-12(7-4-8-16-13)10-18-14(15)17-9-11-5-3-6-11/h4,7-8,11H,2-3,5-6,9-10H2,1H3,(H3,15,17,18). The van der Waals surface area contributed by atoms with E-state index in [1.54, 1.807) is 6.20 Å². The van der Waals surface area contributed by atoms with Crippen molar-refractivity contribution < 1.29 is 4.74 Å². The molecule has 0 spiro atoms. The van der Waals surface area contributed by atoms with Crippen LogP contribution in [0.5, 0.6) is 5.88 Å². The van der Waals surface area contributed by atoms with Gasteiger partial charge in [0, 0.05) is 18.3 Å². The number of aromatic nitrogens is 1. The Hall–Kier alpha value is -1.78. The van der Waals surface area contributed by atoms with Gasteiger partial charge in [0.05, 0.1) is 13.2 Å². The Labute approximate surface area is 114 Å². The van der Waals surface area contributed by atoms with Crippen LogP contribution in [0.4, 0.5) is 0 Å². The van der Waals surface area contributed by atoms with Crippen LogP contribution in [0.3, 0.4) is 0 Å². The summed E-state index contributed by atoms with van der Waals surface area (Å²) in [6, 6.07) is 3.84. The predicted molar refractivity (Wildman–Crippen MR) is 76.1 cm³/mol. The van der Waals surface area contributed by atoms with Crippen molar-refractivity contribution in [2.75, 3.05) is 13.2 Å². The van der Waals surface area contributed by atoms with E-state index in [1.807, 2.05) is 19.1 Å². The molecule has 1 aliphatic rings. The fourth-order valence-electron chi connectivity index (χ4n) is 1.98. The third kappa shape index (κ3) is 4.12. The van der Waals surface area contributed by atoms with Crippen LogP contribution >= 0.6 is 0 Å². The highest BCUT2D eigenvalue weighted by atomic mass is 16.5. The number of hydrogen-bond acceptors (Lipinski definition) is 3. The number of guanidine groups is 1. The number of hydrogen-bond donors (Lipinski definition) is 2. The SMILES string of the molecule is CCOc1ncccc1CN=C(N)NCC1CCC1. The van der Waals surface area contributed by atoms with Crippen molar-refractivity contribution in [1.29, 1.82) is 0 Å². The third-order valence-corrected chi connectivity index (χ3v) is 3.35. The molecule has 5 nitrogen and oxygen atoms in total. The molecule has 2 rings (SSSR count). The van der Waals surface area contributed by atoms with Crippen molar-refractivity contribution in [2.45, 2.75) is 32.7 Å². The Morgan fingerprint density at radius 3 is 3.11 bits per heavy atom. The van der Waals surface area contributed by atoms with Crippen LogP contribution in [0.15, 0.2) is 23.3 Å². The highest BCUT2D eigenvalue weighted by Gasteiger charge is 2.16. The van der Waals surface area contributed by atoms with Gasteiger partial charge >= 0.3 is 0 Å². The summed E-state index contributed by atoms with van der Waals surface area (Å²) >= 11 is 0. The van der Waals surface area contributed by atoms with E-state index in [-0.39, 0.29) is 0 Å². The first-order valence-corrected chi connectivity index (χ1v) is 6.90. The molecular weight excluding hydrogens is 240 g/mol. The second kappa shape index (κ2) is 6.97. The zero-order valence-corrected chi connectivity index (χ0v) is 11.4. The molecular formula is C14H22N4O. The summed E-state index contributed by atoms with van der Waals surface area (Å²) in [6.07, 6.45) is 5.67. The number of nitrogens with one attached hydrogen (secondary N) is 1. The van der Waals surface area contributed by atoms with Gasteiger partial charge in [-0.2, -0.15) is 0 Å². The molecule has 1 heterocycles. The molecule has 5 heteroatoms. The summed E-state index contributed by atoms with van der Waals surface area (Å²) in [7, 11) is 0. The largest absolute Gasteiger partial charge is 0.478 e. The Bertz CT molecular complexity index is 429. The second-order valence-electron chi connectivity index (χ2n) is 4.78. The Balaban J connectivity index is 1.85. The summed E-state index contributed by atoms with van der Waals surface area (Å²) in [6.45, 7) is 3.97. The summed E-state index contributed by atoms with van der Waals surface area (Å²) in [5.74, 6) is 1.91. The highest BCUT2D eigenvalue weighted by Crippen LogP contribution is 2.25. The van der Waals surface area contributed by atoms with Crippen LogP contribution in [-0.2, 0) is 6.54 Å². The van der Waals surface area contributed by atoms with E-state index in [2.05, 4.69) is 15.3 Å². The first-order valence-electron chi connectivity index (χ1n) is 6.90. The van der Waals surface area contributed by atoms with Gasteiger partial charge in [-0.3, -0.25) is 0 Å². The van der Waals surface area contributed by atoms with Crippen molar-refractivity contribution in [3.63, 3.8) is 0 Å². The van der Waals surface area contributed by atoms with E-state index in [1.165, 1.54) is 19.3 Å². The summed E-state index contributed by atoms with van der Waals surface area (Å²) in [5, 5.41) is 3.17. The van der Waals surface area contributed by atoms with Crippen LogP contribution < -0.4 is 15.8 Å². The Morgan fingerprint density at radius 1 is 1.58 bits per heavy atom. The van der Waals surface area contributed by atoms with Crippen molar-refractivity contribution in [3.8, 4) is 5.88 Å². The van der Waals surface area contributed by atoms with Gasteiger partial charge in [0.1, 0.15) is 0 Å². The molecule has 0 radical (unpaired) electrons. The molecule has 104 valence electrons. The molecule has 19 heavy (non-hydrogen) atoms. The average molecular weight is 262 g/mol. The Kier molecular flexibility index (Phi) is 5.01. The molecule has 0 aliphatic heterocycles. The van der Waals surface area contributed by atoms with Gasteiger partial charge in [-0.15, -0.1) is 0 Å². The molecule has 0 bridgehead atoms. The molecule has 0 saturated heterocycles. The second-order valence-corrected chi connectivity index (χ2v) is 4.78. The molecule has 0 amide bonds. The van der Waals surface area contributed by atoms with E-state index in [0.717, 1.165) is 18.0 Å². The lowest BCUT2D eigenvalue weighted by molar-refractivity contribution is 0.315. The smallest absolute Gasteiger partial charge is 0.218 e. The lowest BCUT2D eigenvalue weighted by Gasteiger charge is -2.25. The maximum Gasteiger partial charge on any atom is 0.218 e. The lowest BCUT2D eigenvalue weighted by atomic mass is 9.85. The summed E-state index contributed by atoms with van der Waals surface area (Å²) in [5.41, 5.74) is 6.81. The number of aliphatic imine (C=N–C) groups is 1. The first-order chi connectivity index (χ1) is 9.29. The van der Waals surface area contributed by atoms with Gasteiger partial charge in [0.15, 0.2) is 5.96 Å². The lowest BCUT2D eigenvalue weighted by Crippen LogP contribution is -2.37. The van der Waals surface area contributed by atoms with E-state index < -0.39 is 0 Å². The maximum atomic E-state index is 5.85. The van der Waals surface area contributed by atoms with Crippen LogP contribution in [0.2, 0.25) is 0 Å². The predicted octanol–water partition coefficient (Wildman–Crippen LogP) is 1.68. The Morgan fingerprint density at radius 2 is 2.42 bits per heavy atom. The van der Waals surface area contributed by atoms with Gasteiger partial charge in [-0.1, -0.05) is 12.5 Å². The minimum Gasteiger partial charge on any atom is -0.478 e. The van der Waals surface area contributed by atoms with Gasteiger partial charge < -0.3 is 15.8 Å². The minimum atomic E-state index is 0.493. The zero-order chi connectivity index (χ0) is 13.5. The number of ether oxygens (including phenoxy) is 1. The van der Waals surface area contributed by atoms with Crippen molar-refractivity contribution in [1.82, 2.24) is 10.3 Å². The highest BCUT2D eigenvalue weighted by molar-refractivity contribution is 5.77. The van der Waals surface area contributed by atoms with Crippen LogP contribution in [0, 0.1) is 5.92 Å². The molecule has 1 aromatic rings. The van der Waals surface area contributed by atoms with Gasteiger partial charge in [-0.05, 0) is 31.7 Å². The average Bonchev–Trinajstić information content (AvgIpc) is 2.36. The van der Waals surface area contributed by atoms with Gasteiger partial charge in [-0.25, -0.2) is 9.98 Å². The first kappa shape index (κ1) is 13.6. The molecule has 1 aromatic heterocycles. The quantitative estimate of drug-likeness (QED) is 0.604. The van der Waals surface area contributed by atoms with Crippen LogP contribution in [0.25, 0.3) is 0 Å². The normalized spacial score (nSPS) is 15.9. The maximum absolute atomic E-state index is 5.85. The minimum absolute atomic E-state index is 0.493. The third-order valence-electron chi connectivity index (χ3n) is 3.35. The van der Waals surface area contributed by atoms with Crippen molar-refractivity contribution in [2.24, 2.45) is 16.6 Å². The van der Waals surface area contributed by atoms with E-state index in [9.17, 15) is 0 Å². The van der Waals surface area contributed by atoms with Crippen molar-refractivity contribution >= 4 is 5.96 Å². The number of nitrogens with two attached hydrogens (primary N) is 1. The van der Waals surface area contributed by atoms with Gasteiger partial charge in [0.2, 0.25) is 5.88 Å². The fourth-order valence-corrected chi connectivity index (χ4v) is 1.98. The monoisotopic (exact) mass is 262 g/mol. The number of pyridine rings is 1. The van der Waals surface area contributed by atoms with Crippen LogP contribution in [-0.4, -0.2) is 24.1 Å². The van der Waals surface area contributed by atoms with E-state index in [0.29, 0.717) is 25.0 Å². The molecule has 0 aromatic carbocycles. The van der Waals surface area contributed by atoms with E-state index >= 15 is 0 Å².